The van der Waals surface area contributed by atoms with Crippen LogP contribution in [0.5, 0.6) is 0 Å². The Labute approximate surface area is 151 Å². The number of carbonyl (C=O) groups excluding carboxylic acids is 2. The number of rotatable bonds is 4. The number of guanidine groups is 2. The van der Waals surface area contributed by atoms with Crippen molar-refractivity contribution in [3.05, 3.63) is 29.8 Å². The van der Waals surface area contributed by atoms with Gasteiger partial charge in [0.15, 0.2) is 5.96 Å². The number of ether oxygens (including phenoxy) is 1. The first-order chi connectivity index (χ1) is 12.4. The number of amides is 1. The molecule has 1 unspecified atom stereocenters. The zero-order chi connectivity index (χ0) is 19.1. The Kier molecular flexibility index (Phi) is 6.54. The summed E-state index contributed by atoms with van der Waals surface area (Å²) >= 11 is 0. The van der Waals surface area contributed by atoms with E-state index in [1.54, 1.807) is 36.1 Å². The predicted molar refractivity (Wildman–Crippen MR) is 98.8 cm³/mol. The van der Waals surface area contributed by atoms with E-state index >= 15 is 0 Å². The number of hydrogen-bond donors (Lipinski definition) is 3. The zero-order valence-electron chi connectivity index (χ0n) is 14.7. The molecule has 1 heterocycles. The highest BCUT2D eigenvalue weighted by atomic mass is 16.5. The number of esters is 1. The lowest BCUT2D eigenvalue weighted by Gasteiger charge is -2.31. The summed E-state index contributed by atoms with van der Waals surface area (Å²) in [5, 5.41) is 0. The summed E-state index contributed by atoms with van der Waals surface area (Å²) in [6.07, 6.45) is 1.44. The minimum Gasteiger partial charge on any atom is -0.466 e. The van der Waals surface area contributed by atoms with E-state index in [4.69, 9.17) is 21.9 Å². The maximum atomic E-state index is 12.9. The van der Waals surface area contributed by atoms with E-state index in [9.17, 15) is 9.59 Å². The molecule has 0 spiro atoms. The number of piperidine rings is 1. The number of aliphatic imine (C=N–C) groups is 2. The Morgan fingerprint density at radius 1 is 1.27 bits per heavy atom. The largest absolute Gasteiger partial charge is 0.466 e. The van der Waals surface area contributed by atoms with Crippen LogP contribution in [0.4, 0.5) is 5.69 Å². The molecule has 1 aromatic carbocycles. The highest BCUT2D eigenvalue weighted by Gasteiger charge is 2.30. The van der Waals surface area contributed by atoms with E-state index in [0.29, 0.717) is 37.4 Å². The molecular formula is C17H24N6O3. The van der Waals surface area contributed by atoms with Crippen LogP contribution in [0.15, 0.2) is 34.3 Å². The molecule has 0 saturated carbocycles. The van der Waals surface area contributed by atoms with Crippen LogP contribution < -0.4 is 17.2 Å². The number of para-hydroxylation sites is 1. The SMILES string of the molecule is CCOC(=O)C1CCCN(C(=O)c2ccccc2N=C(N)N=C(N)N)C1. The molecule has 1 fully saturated rings. The number of nitrogens with two attached hydrogens (primary N) is 3. The summed E-state index contributed by atoms with van der Waals surface area (Å²) in [6.45, 7) is 2.97. The van der Waals surface area contributed by atoms with Crippen molar-refractivity contribution in [1.29, 1.82) is 0 Å². The smallest absolute Gasteiger partial charge is 0.310 e. The van der Waals surface area contributed by atoms with Gasteiger partial charge in [-0.15, -0.1) is 0 Å². The molecular weight excluding hydrogens is 336 g/mol. The van der Waals surface area contributed by atoms with Gasteiger partial charge in [-0.3, -0.25) is 9.59 Å². The first kappa shape index (κ1) is 19.2. The van der Waals surface area contributed by atoms with Crippen LogP contribution in [0, 0.1) is 5.92 Å². The summed E-state index contributed by atoms with van der Waals surface area (Å²) in [5.74, 6) is -1.17. The molecule has 9 heteroatoms. The molecule has 1 atom stereocenters. The standard InChI is InChI=1S/C17H24N6O3/c1-2-26-15(25)11-6-5-9-23(10-11)14(24)12-7-3-4-8-13(12)21-17(20)22-16(18)19/h3-4,7-8,11H,2,5-6,9-10H2,1H3,(H6,18,19,20,21,22). The summed E-state index contributed by atoms with van der Waals surface area (Å²) in [4.78, 5) is 34.3. The third-order valence-electron chi connectivity index (χ3n) is 3.94. The molecule has 140 valence electrons. The molecule has 1 amide bonds. The normalized spacial score (nSPS) is 17.5. The monoisotopic (exact) mass is 360 g/mol. The third kappa shape index (κ3) is 4.95. The van der Waals surface area contributed by atoms with Crippen LogP contribution in [0.3, 0.4) is 0 Å². The Bertz CT molecular complexity index is 727. The highest BCUT2D eigenvalue weighted by molar-refractivity contribution is 6.01. The van der Waals surface area contributed by atoms with Crippen LogP contribution >= 0.6 is 0 Å². The third-order valence-corrected chi connectivity index (χ3v) is 3.94. The molecule has 0 radical (unpaired) electrons. The Balaban J connectivity index is 2.22. The number of carbonyl (C=O) groups is 2. The van der Waals surface area contributed by atoms with Crippen molar-refractivity contribution in [2.75, 3.05) is 19.7 Å². The number of nitrogens with zero attached hydrogens (tertiary/aromatic N) is 3. The van der Waals surface area contributed by atoms with E-state index in [0.717, 1.165) is 6.42 Å². The van der Waals surface area contributed by atoms with Crippen LogP contribution in [-0.2, 0) is 9.53 Å². The lowest BCUT2D eigenvalue weighted by atomic mass is 9.97. The maximum Gasteiger partial charge on any atom is 0.310 e. The van der Waals surface area contributed by atoms with Gasteiger partial charge >= 0.3 is 5.97 Å². The zero-order valence-corrected chi connectivity index (χ0v) is 14.7. The van der Waals surface area contributed by atoms with Gasteiger partial charge in [0.1, 0.15) is 0 Å². The second-order valence-electron chi connectivity index (χ2n) is 5.87. The summed E-state index contributed by atoms with van der Waals surface area (Å²) in [5.41, 5.74) is 16.9. The molecule has 0 bridgehead atoms. The van der Waals surface area contributed by atoms with E-state index in [-0.39, 0.29) is 29.7 Å². The fourth-order valence-corrected chi connectivity index (χ4v) is 2.82. The van der Waals surface area contributed by atoms with Crippen molar-refractivity contribution in [2.45, 2.75) is 19.8 Å². The number of hydrogen-bond acceptors (Lipinski definition) is 4. The first-order valence-electron chi connectivity index (χ1n) is 8.41. The summed E-state index contributed by atoms with van der Waals surface area (Å²) < 4.78 is 5.07. The molecule has 0 aromatic heterocycles. The van der Waals surface area contributed by atoms with Gasteiger partial charge in [-0.1, -0.05) is 12.1 Å². The topological polar surface area (TPSA) is 149 Å². The van der Waals surface area contributed by atoms with Gasteiger partial charge in [-0.05, 0) is 31.9 Å². The lowest BCUT2D eigenvalue weighted by molar-refractivity contribution is -0.149. The van der Waals surface area contributed by atoms with Gasteiger partial charge in [-0.2, -0.15) is 4.99 Å². The molecule has 1 aliphatic rings. The average molecular weight is 360 g/mol. The van der Waals surface area contributed by atoms with Crippen molar-refractivity contribution < 1.29 is 14.3 Å². The van der Waals surface area contributed by atoms with Crippen molar-refractivity contribution in [3.63, 3.8) is 0 Å². The molecule has 9 nitrogen and oxygen atoms in total. The van der Waals surface area contributed by atoms with Crippen LogP contribution in [-0.4, -0.2) is 48.4 Å². The maximum absolute atomic E-state index is 12.9. The summed E-state index contributed by atoms with van der Waals surface area (Å²) in [7, 11) is 0. The molecule has 26 heavy (non-hydrogen) atoms. The van der Waals surface area contributed by atoms with Crippen molar-refractivity contribution in [3.8, 4) is 0 Å². The van der Waals surface area contributed by atoms with Crippen LogP contribution in [0.25, 0.3) is 0 Å². The van der Waals surface area contributed by atoms with E-state index < -0.39 is 0 Å². The van der Waals surface area contributed by atoms with Crippen molar-refractivity contribution in [1.82, 2.24) is 4.90 Å². The highest BCUT2D eigenvalue weighted by Crippen LogP contribution is 2.24. The van der Waals surface area contributed by atoms with Crippen molar-refractivity contribution in [2.24, 2.45) is 33.1 Å². The van der Waals surface area contributed by atoms with Crippen LogP contribution in [0.2, 0.25) is 0 Å². The van der Waals surface area contributed by atoms with Gasteiger partial charge in [0.25, 0.3) is 5.91 Å². The molecule has 1 aliphatic heterocycles. The van der Waals surface area contributed by atoms with Gasteiger partial charge in [0.2, 0.25) is 5.96 Å². The average Bonchev–Trinajstić information content (AvgIpc) is 2.61. The Hall–Kier alpha value is -3.10. The number of benzene rings is 1. The minimum atomic E-state index is -0.310. The Morgan fingerprint density at radius 2 is 2.00 bits per heavy atom. The van der Waals surface area contributed by atoms with Crippen LogP contribution in [0.1, 0.15) is 30.1 Å². The van der Waals surface area contributed by atoms with Crippen molar-refractivity contribution >= 4 is 29.5 Å². The van der Waals surface area contributed by atoms with E-state index in [1.807, 2.05) is 0 Å². The quantitative estimate of drug-likeness (QED) is 0.400. The molecule has 6 N–H and O–H groups in total. The fraction of sp³-hybridized carbons (Fsp3) is 0.412. The van der Waals surface area contributed by atoms with Gasteiger partial charge < -0.3 is 26.8 Å². The second-order valence-corrected chi connectivity index (χ2v) is 5.87. The lowest BCUT2D eigenvalue weighted by Crippen LogP contribution is -2.42. The molecule has 1 saturated heterocycles. The molecule has 0 aliphatic carbocycles. The predicted octanol–water partition coefficient (Wildman–Crippen LogP) is 0.322. The molecule has 1 aromatic rings. The fourth-order valence-electron chi connectivity index (χ4n) is 2.82. The van der Waals surface area contributed by atoms with E-state index in [1.165, 1.54) is 0 Å². The van der Waals surface area contributed by atoms with Gasteiger partial charge in [0, 0.05) is 13.1 Å². The van der Waals surface area contributed by atoms with Gasteiger partial charge in [-0.25, -0.2) is 4.99 Å². The molecule has 2 rings (SSSR count). The minimum absolute atomic E-state index is 0.145. The van der Waals surface area contributed by atoms with E-state index in [2.05, 4.69) is 9.98 Å². The Morgan fingerprint density at radius 3 is 2.69 bits per heavy atom. The summed E-state index contributed by atoms with van der Waals surface area (Å²) in [6, 6.07) is 6.76. The first-order valence-corrected chi connectivity index (χ1v) is 8.41. The second kappa shape index (κ2) is 8.84. The number of likely N-dealkylation sites (tertiary alicyclic amines) is 1. The van der Waals surface area contributed by atoms with Gasteiger partial charge in [0.05, 0.1) is 23.8 Å².